The summed E-state index contributed by atoms with van der Waals surface area (Å²) in [4.78, 5) is 2.58. The van der Waals surface area contributed by atoms with E-state index in [9.17, 15) is 0 Å². The Morgan fingerprint density at radius 2 is 1.83 bits per heavy atom. The van der Waals surface area contributed by atoms with E-state index in [1.165, 1.54) is 37.9 Å². The van der Waals surface area contributed by atoms with Gasteiger partial charge >= 0.3 is 0 Å². The first-order valence-corrected chi connectivity index (χ1v) is 8.44. The number of nitrogens with zero attached hydrogens (tertiary/aromatic N) is 6. The zero-order valence-electron chi connectivity index (χ0n) is 13.8. The zero-order valence-corrected chi connectivity index (χ0v) is 13.8. The molecule has 24 heavy (non-hydrogen) atoms. The van der Waals surface area contributed by atoms with Crippen molar-refractivity contribution in [3.05, 3.63) is 42.2 Å². The van der Waals surface area contributed by atoms with Gasteiger partial charge in [-0.1, -0.05) is 35.8 Å². The van der Waals surface area contributed by atoms with Gasteiger partial charge in [0.25, 0.3) is 5.95 Å². The Morgan fingerprint density at radius 1 is 1.04 bits per heavy atom. The number of aromatic nitrogens is 6. The number of hydrogen-bond donors (Lipinski definition) is 1. The molecular weight excluding hydrogens is 302 g/mol. The summed E-state index contributed by atoms with van der Waals surface area (Å²) in [6.45, 7) is 4.72. The summed E-state index contributed by atoms with van der Waals surface area (Å²) in [6, 6.07) is 9.24. The Balaban J connectivity index is 1.51. The molecule has 1 saturated heterocycles. The Kier molecular flexibility index (Phi) is 4.08. The molecule has 7 heteroatoms. The molecule has 0 amide bonds. The van der Waals surface area contributed by atoms with E-state index in [1.807, 2.05) is 12.4 Å². The molecule has 1 aliphatic heterocycles. The van der Waals surface area contributed by atoms with E-state index < -0.39 is 0 Å². The number of H-pyrrole nitrogens is 1. The highest BCUT2D eigenvalue weighted by Crippen LogP contribution is 2.26. The Labute approximate surface area is 140 Å². The molecule has 1 fully saturated rings. The van der Waals surface area contributed by atoms with Crippen LogP contribution in [0.5, 0.6) is 0 Å². The van der Waals surface area contributed by atoms with Crippen LogP contribution in [0, 0.1) is 0 Å². The zero-order chi connectivity index (χ0) is 16.4. The van der Waals surface area contributed by atoms with Crippen molar-refractivity contribution in [2.75, 3.05) is 13.1 Å². The monoisotopic (exact) mass is 323 g/mol. The minimum atomic E-state index is 0.441. The molecule has 3 heterocycles. The molecule has 0 unspecified atom stereocenters. The molecule has 7 nitrogen and oxygen atoms in total. The molecule has 0 aliphatic carbocycles. The predicted octanol–water partition coefficient (Wildman–Crippen LogP) is 2.60. The average Bonchev–Trinajstić information content (AvgIpc) is 3.33. The van der Waals surface area contributed by atoms with Crippen LogP contribution in [0.2, 0.25) is 0 Å². The van der Waals surface area contributed by atoms with Gasteiger partial charge in [-0.3, -0.25) is 4.90 Å². The van der Waals surface area contributed by atoms with Gasteiger partial charge in [0.1, 0.15) is 0 Å². The Bertz CT molecular complexity index is 770. The van der Waals surface area contributed by atoms with Crippen molar-refractivity contribution in [1.82, 2.24) is 35.3 Å². The lowest BCUT2D eigenvalue weighted by molar-refractivity contribution is 0.175. The lowest BCUT2D eigenvalue weighted by Crippen LogP contribution is -2.32. The van der Waals surface area contributed by atoms with Crippen LogP contribution in [0.25, 0.3) is 17.1 Å². The maximum absolute atomic E-state index is 4.29. The van der Waals surface area contributed by atoms with Gasteiger partial charge in [0.15, 0.2) is 0 Å². The van der Waals surface area contributed by atoms with Gasteiger partial charge in [-0.2, -0.15) is 10.3 Å². The Morgan fingerprint density at radius 3 is 2.54 bits per heavy atom. The van der Waals surface area contributed by atoms with Gasteiger partial charge in [-0.05, 0) is 49.2 Å². The quantitative estimate of drug-likeness (QED) is 0.799. The summed E-state index contributed by atoms with van der Waals surface area (Å²) in [6.07, 6.45) is 7.73. The molecule has 1 aliphatic rings. The standard InChI is InChI=1S/C17H21N7/c1-13(23-9-3-2-4-10-23)14-5-7-15(8-6-14)16-11-18-24(12-16)17-19-21-22-20-17/h5-8,11-13H,2-4,9-10H2,1H3,(H,19,20,21,22)/t13-/m0/s1. The normalized spacial score (nSPS) is 17.0. The topological polar surface area (TPSA) is 75.5 Å². The Hall–Kier alpha value is -2.54. The number of benzene rings is 1. The van der Waals surface area contributed by atoms with Gasteiger partial charge < -0.3 is 0 Å². The largest absolute Gasteiger partial charge is 0.297 e. The summed E-state index contributed by atoms with van der Waals surface area (Å²) < 4.78 is 1.61. The van der Waals surface area contributed by atoms with Crippen molar-refractivity contribution < 1.29 is 0 Å². The van der Waals surface area contributed by atoms with Crippen molar-refractivity contribution in [1.29, 1.82) is 0 Å². The molecule has 1 atom stereocenters. The van der Waals surface area contributed by atoms with Crippen molar-refractivity contribution in [3.63, 3.8) is 0 Å². The third-order valence-electron chi connectivity index (χ3n) is 4.79. The molecule has 0 saturated carbocycles. The highest BCUT2D eigenvalue weighted by molar-refractivity contribution is 5.62. The van der Waals surface area contributed by atoms with Gasteiger partial charge in [0, 0.05) is 17.8 Å². The van der Waals surface area contributed by atoms with E-state index in [0.29, 0.717) is 12.0 Å². The fraction of sp³-hybridized carbons (Fsp3) is 0.412. The number of nitrogens with one attached hydrogen (secondary N) is 1. The number of likely N-dealkylation sites (tertiary alicyclic amines) is 1. The molecular formula is C17H21N7. The van der Waals surface area contributed by atoms with Gasteiger partial charge in [-0.25, -0.2) is 4.68 Å². The minimum Gasteiger partial charge on any atom is -0.297 e. The lowest BCUT2D eigenvalue weighted by atomic mass is 10.0. The van der Waals surface area contributed by atoms with Crippen molar-refractivity contribution in [2.24, 2.45) is 0 Å². The van der Waals surface area contributed by atoms with Gasteiger partial charge in [0.05, 0.1) is 6.20 Å². The summed E-state index contributed by atoms with van der Waals surface area (Å²) in [5.41, 5.74) is 3.54. The predicted molar refractivity (Wildman–Crippen MR) is 90.6 cm³/mol. The maximum Gasteiger partial charge on any atom is 0.290 e. The minimum absolute atomic E-state index is 0.441. The third kappa shape index (κ3) is 2.94. The molecule has 1 aromatic carbocycles. The first kappa shape index (κ1) is 15.0. The number of aromatic amines is 1. The molecule has 4 rings (SSSR count). The number of tetrazole rings is 1. The van der Waals surface area contributed by atoms with E-state index in [4.69, 9.17) is 0 Å². The van der Waals surface area contributed by atoms with Crippen LogP contribution in [0.3, 0.4) is 0 Å². The molecule has 0 spiro atoms. The average molecular weight is 323 g/mol. The molecule has 0 radical (unpaired) electrons. The van der Waals surface area contributed by atoms with Crippen LogP contribution in [-0.2, 0) is 0 Å². The van der Waals surface area contributed by atoms with Crippen LogP contribution in [0.15, 0.2) is 36.7 Å². The van der Waals surface area contributed by atoms with E-state index in [0.717, 1.165) is 11.1 Å². The highest BCUT2D eigenvalue weighted by Gasteiger charge is 2.18. The van der Waals surface area contributed by atoms with E-state index in [2.05, 4.69) is 61.8 Å². The summed E-state index contributed by atoms with van der Waals surface area (Å²) in [5, 5.41) is 18.1. The molecule has 124 valence electrons. The summed E-state index contributed by atoms with van der Waals surface area (Å²) >= 11 is 0. The first-order chi connectivity index (χ1) is 11.8. The smallest absolute Gasteiger partial charge is 0.290 e. The summed E-state index contributed by atoms with van der Waals surface area (Å²) in [5.74, 6) is 0.441. The molecule has 3 aromatic rings. The van der Waals surface area contributed by atoms with Crippen LogP contribution in [0.1, 0.15) is 37.8 Å². The second-order valence-electron chi connectivity index (χ2n) is 6.28. The second kappa shape index (κ2) is 6.52. The first-order valence-electron chi connectivity index (χ1n) is 8.44. The molecule has 1 N–H and O–H groups in total. The van der Waals surface area contributed by atoms with Crippen LogP contribution in [-0.4, -0.2) is 48.4 Å². The van der Waals surface area contributed by atoms with Crippen molar-refractivity contribution >= 4 is 0 Å². The number of hydrogen-bond acceptors (Lipinski definition) is 5. The second-order valence-corrected chi connectivity index (χ2v) is 6.28. The lowest BCUT2D eigenvalue weighted by Gasteiger charge is -2.32. The highest BCUT2D eigenvalue weighted by atomic mass is 15.5. The fourth-order valence-corrected chi connectivity index (χ4v) is 3.31. The number of piperidine rings is 1. The van der Waals surface area contributed by atoms with Crippen molar-refractivity contribution in [3.8, 4) is 17.1 Å². The van der Waals surface area contributed by atoms with Crippen LogP contribution >= 0.6 is 0 Å². The van der Waals surface area contributed by atoms with E-state index >= 15 is 0 Å². The van der Waals surface area contributed by atoms with Gasteiger partial charge in [0.2, 0.25) is 0 Å². The third-order valence-corrected chi connectivity index (χ3v) is 4.79. The maximum atomic E-state index is 4.29. The SMILES string of the molecule is C[C@@H](c1ccc(-c2cnn(-c3nn[nH]n3)c2)cc1)N1CCCCC1. The van der Waals surface area contributed by atoms with Crippen LogP contribution < -0.4 is 0 Å². The van der Waals surface area contributed by atoms with Gasteiger partial charge in [-0.15, -0.1) is 5.10 Å². The van der Waals surface area contributed by atoms with Crippen molar-refractivity contribution in [2.45, 2.75) is 32.2 Å². The van der Waals surface area contributed by atoms with E-state index in [1.54, 1.807) is 4.68 Å². The van der Waals surface area contributed by atoms with E-state index in [-0.39, 0.29) is 0 Å². The van der Waals surface area contributed by atoms with Crippen LogP contribution in [0.4, 0.5) is 0 Å². The fourth-order valence-electron chi connectivity index (χ4n) is 3.31. The molecule has 0 bridgehead atoms. The number of rotatable bonds is 4. The molecule has 2 aromatic heterocycles. The summed E-state index contributed by atoms with van der Waals surface area (Å²) in [7, 11) is 0.